The van der Waals surface area contributed by atoms with Gasteiger partial charge in [-0.15, -0.1) is 0 Å². The molecule has 0 atom stereocenters. The highest BCUT2D eigenvalue weighted by atomic mass is 127. The molecule has 0 aliphatic carbocycles. The van der Waals surface area contributed by atoms with Gasteiger partial charge in [-0.3, -0.25) is 4.79 Å². The van der Waals surface area contributed by atoms with Crippen LogP contribution < -0.4 is 5.32 Å². The van der Waals surface area contributed by atoms with E-state index in [1.807, 2.05) is 0 Å². The number of hydrogen-bond donors (Lipinski definition) is 1. The first-order valence-corrected chi connectivity index (χ1v) is 5.92. The smallest absolute Gasteiger partial charge is 0.244 e. The number of rotatable bonds is 6. The van der Waals surface area contributed by atoms with Crippen LogP contribution in [0.4, 0.5) is 0 Å². The Balaban J connectivity index is 3.65. The number of hydrogen-bond acceptors (Lipinski definition) is 1. The van der Waals surface area contributed by atoms with Crippen LogP contribution in [0, 0.1) is 0 Å². The topological polar surface area (TPSA) is 29.1 Å². The van der Waals surface area contributed by atoms with E-state index in [4.69, 9.17) is 0 Å². The van der Waals surface area contributed by atoms with Gasteiger partial charge in [0.2, 0.25) is 5.91 Å². The summed E-state index contributed by atoms with van der Waals surface area (Å²) in [6, 6.07) is 0. The Morgan fingerprint density at radius 3 is 2.62 bits per heavy atom. The highest BCUT2D eigenvalue weighted by Crippen LogP contribution is 2.12. The van der Waals surface area contributed by atoms with Gasteiger partial charge < -0.3 is 5.32 Å². The zero-order valence-corrected chi connectivity index (χ0v) is 10.6. The first-order chi connectivity index (χ1) is 6.20. The van der Waals surface area contributed by atoms with Crippen molar-refractivity contribution in [3.05, 3.63) is 9.66 Å². The number of halogens is 1. The first kappa shape index (κ1) is 12.9. The average Bonchev–Trinajstić information content (AvgIpc) is 2.05. The van der Waals surface area contributed by atoms with E-state index in [9.17, 15) is 4.79 Å². The van der Waals surface area contributed by atoms with Crippen LogP contribution in [-0.4, -0.2) is 12.5 Å². The number of carbonyl (C=O) groups is 1. The molecule has 0 spiro atoms. The van der Waals surface area contributed by atoms with E-state index >= 15 is 0 Å². The fraction of sp³-hybridized carbons (Fsp3) is 0.700. The Kier molecular flexibility index (Phi) is 8.49. The molecule has 0 heterocycles. The van der Waals surface area contributed by atoms with Crippen molar-refractivity contribution in [2.24, 2.45) is 0 Å². The number of carbonyl (C=O) groups excluding carboxylic acids is 1. The van der Waals surface area contributed by atoms with Gasteiger partial charge in [-0.25, -0.2) is 0 Å². The van der Waals surface area contributed by atoms with Crippen molar-refractivity contribution in [1.29, 1.82) is 0 Å². The predicted molar refractivity (Wildman–Crippen MR) is 64.9 cm³/mol. The SMILES string of the molecule is CCCCNC(=O)/C=C(\I)CCC. The molecule has 2 nitrogen and oxygen atoms in total. The lowest BCUT2D eigenvalue weighted by Crippen LogP contribution is -2.22. The van der Waals surface area contributed by atoms with Crippen molar-refractivity contribution in [3.63, 3.8) is 0 Å². The molecule has 1 N–H and O–H groups in total. The highest BCUT2D eigenvalue weighted by molar-refractivity contribution is 14.1. The van der Waals surface area contributed by atoms with Crippen LogP contribution >= 0.6 is 22.6 Å². The largest absolute Gasteiger partial charge is 0.353 e. The van der Waals surface area contributed by atoms with Crippen molar-refractivity contribution in [1.82, 2.24) is 5.32 Å². The van der Waals surface area contributed by atoms with Crippen molar-refractivity contribution >= 4 is 28.5 Å². The van der Waals surface area contributed by atoms with Crippen LogP contribution in [0.1, 0.15) is 39.5 Å². The highest BCUT2D eigenvalue weighted by Gasteiger charge is 1.97. The Morgan fingerprint density at radius 2 is 2.08 bits per heavy atom. The van der Waals surface area contributed by atoms with Gasteiger partial charge in [-0.1, -0.05) is 26.7 Å². The summed E-state index contributed by atoms with van der Waals surface area (Å²) < 4.78 is 1.13. The third-order valence-corrected chi connectivity index (χ3v) is 2.46. The van der Waals surface area contributed by atoms with Crippen molar-refractivity contribution in [2.45, 2.75) is 39.5 Å². The second-order valence-electron chi connectivity index (χ2n) is 2.99. The molecule has 13 heavy (non-hydrogen) atoms. The van der Waals surface area contributed by atoms with Crippen molar-refractivity contribution in [3.8, 4) is 0 Å². The minimum absolute atomic E-state index is 0.0475. The fourth-order valence-corrected chi connectivity index (χ4v) is 1.71. The van der Waals surface area contributed by atoms with Crippen LogP contribution in [0.5, 0.6) is 0 Å². The summed E-state index contributed by atoms with van der Waals surface area (Å²) in [6.45, 7) is 5.02. The molecule has 0 aliphatic heterocycles. The maximum atomic E-state index is 11.2. The summed E-state index contributed by atoms with van der Waals surface area (Å²) in [4.78, 5) is 11.2. The molecule has 0 fully saturated rings. The van der Waals surface area contributed by atoms with E-state index in [-0.39, 0.29) is 5.91 Å². The zero-order valence-electron chi connectivity index (χ0n) is 8.40. The molecule has 0 saturated heterocycles. The van der Waals surface area contributed by atoms with Crippen LogP contribution in [0.25, 0.3) is 0 Å². The molecule has 0 aromatic rings. The fourth-order valence-electron chi connectivity index (χ4n) is 0.893. The number of nitrogens with one attached hydrogen (secondary N) is 1. The summed E-state index contributed by atoms with van der Waals surface area (Å²) in [6.07, 6.45) is 5.97. The molecule has 0 aliphatic rings. The lowest BCUT2D eigenvalue weighted by atomic mass is 10.3. The molecule has 0 saturated carbocycles. The molecule has 0 aromatic carbocycles. The van der Waals surface area contributed by atoms with E-state index in [1.165, 1.54) is 0 Å². The third-order valence-electron chi connectivity index (χ3n) is 1.61. The average molecular weight is 295 g/mol. The molecule has 76 valence electrons. The van der Waals surface area contributed by atoms with E-state index in [0.29, 0.717) is 0 Å². The van der Waals surface area contributed by atoms with Gasteiger partial charge in [0.05, 0.1) is 0 Å². The van der Waals surface area contributed by atoms with Crippen LogP contribution in [0.2, 0.25) is 0 Å². The van der Waals surface area contributed by atoms with E-state index in [2.05, 4.69) is 41.8 Å². The molecule has 0 radical (unpaired) electrons. The minimum Gasteiger partial charge on any atom is -0.353 e. The van der Waals surface area contributed by atoms with Crippen LogP contribution in [-0.2, 0) is 4.79 Å². The van der Waals surface area contributed by atoms with Crippen molar-refractivity contribution in [2.75, 3.05) is 6.54 Å². The molecule has 0 unspecified atom stereocenters. The van der Waals surface area contributed by atoms with Crippen LogP contribution in [0.15, 0.2) is 9.66 Å². The maximum absolute atomic E-state index is 11.2. The minimum atomic E-state index is 0.0475. The van der Waals surface area contributed by atoms with Crippen LogP contribution in [0.3, 0.4) is 0 Å². The molecule has 0 rings (SSSR count). The lowest BCUT2D eigenvalue weighted by molar-refractivity contribution is -0.116. The van der Waals surface area contributed by atoms with Gasteiger partial charge >= 0.3 is 0 Å². The number of allylic oxidation sites excluding steroid dienone is 1. The monoisotopic (exact) mass is 295 g/mol. The third kappa shape index (κ3) is 8.28. The van der Waals surface area contributed by atoms with Gasteiger partial charge in [0, 0.05) is 12.6 Å². The van der Waals surface area contributed by atoms with E-state index in [0.717, 1.165) is 35.8 Å². The Labute approximate surface area is 94.3 Å². The summed E-state index contributed by atoms with van der Waals surface area (Å²) in [7, 11) is 0. The molecular formula is C10H18INO. The Hall–Kier alpha value is -0.0600. The van der Waals surface area contributed by atoms with Crippen molar-refractivity contribution < 1.29 is 4.79 Å². The lowest BCUT2D eigenvalue weighted by Gasteiger charge is -2.00. The standard InChI is InChI=1S/C10H18INO/c1-3-5-7-12-10(13)8-9(11)6-4-2/h8H,3-7H2,1-2H3,(H,12,13)/b9-8-. The maximum Gasteiger partial charge on any atom is 0.244 e. The number of unbranched alkanes of at least 4 members (excludes halogenated alkanes) is 1. The van der Waals surface area contributed by atoms with E-state index < -0.39 is 0 Å². The Morgan fingerprint density at radius 1 is 1.38 bits per heavy atom. The van der Waals surface area contributed by atoms with Gasteiger partial charge in [0.1, 0.15) is 0 Å². The Bertz CT molecular complexity index is 178. The second kappa shape index (κ2) is 8.53. The number of amides is 1. The van der Waals surface area contributed by atoms with Gasteiger partial charge in [0.25, 0.3) is 0 Å². The summed E-state index contributed by atoms with van der Waals surface area (Å²) in [5.74, 6) is 0.0475. The predicted octanol–water partition coefficient (Wildman–Crippen LogP) is 3.02. The molecule has 1 amide bonds. The summed E-state index contributed by atoms with van der Waals surface area (Å²) in [5, 5.41) is 2.85. The molecular weight excluding hydrogens is 277 g/mol. The quantitative estimate of drug-likeness (QED) is 0.455. The molecule has 0 aromatic heterocycles. The van der Waals surface area contributed by atoms with Gasteiger partial charge in [-0.2, -0.15) is 0 Å². The summed E-state index contributed by atoms with van der Waals surface area (Å²) >= 11 is 2.22. The van der Waals surface area contributed by atoms with Gasteiger partial charge in [-0.05, 0) is 39.0 Å². The second-order valence-corrected chi connectivity index (χ2v) is 4.37. The van der Waals surface area contributed by atoms with E-state index in [1.54, 1.807) is 6.08 Å². The molecule has 3 heteroatoms. The first-order valence-electron chi connectivity index (χ1n) is 4.84. The summed E-state index contributed by atoms with van der Waals surface area (Å²) in [5.41, 5.74) is 0. The van der Waals surface area contributed by atoms with Gasteiger partial charge in [0.15, 0.2) is 0 Å². The normalized spacial score (nSPS) is 11.5. The zero-order chi connectivity index (χ0) is 10.1. The molecule has 0 bridgehead atoms.